The third-order valence-corrected chi connectivity index (χ3v) is 3.60. The maximum atomic E-state index is 6.06. The standard InChI is InChI=1S/C14H18N2O/c1-10-8-13(15)12-2-5-16(14(12)9-10)11-3-6-17-7-4-11/h2,5,8-9,11H,3-4,6-7,15H2,1H3. The average molecular weight is 230 g/mol. The summed E-state index contributed by atoms with van der Waals surface area (Å²) in [4.78, 5) is 0. The van der Waals surface area contributed by atoms with Crippen molar-refractivity contribution in [2.24, 2.45) is 0 Å². The molecular formula is C14H18N2O. The first-order valence-corrected chi connectivity index (χ1v) is 6.20. The molecule has 2 N–H and O–H groups in total. The molecule has 0 bridgehead atoms. The van der Waals surface area contributed by atoms with E-state index in [1.54, 1.807) is 0 Å². The van der Waals surface area contributed by atoms with Gasteiger partial charge < -0.3 is 15.0 Å². The highest BCUT2D eigenvalue weighted by molar-refractivity contribution is 5.92. The molecular weight excluding hydrogens is 212 g/mol. The number of aromatic nitrogens is 1. The lowest BCUT2D eigenvalue weighted by atomic mass is 10.1. The highest BCUT2D eigenvalue weighted by atomic mass is 16.5. The topological polar surface area (TPSA) is 40.2 Å². The largest absolute Gasteiger partial charge is 0.398 e. The van der Waals surface area contributed by atoms with Crippen molar-refractivity contribution in [2.45, 2.75) is 25.8 Å². The van der Waals surface area contributed by atoms with Crippen LogP contribution in [0.15, 0.2) is 24.4 Å². The Bertz CT molecular complexity index is 538. The lowest BCUT2D eigenvalue weighted by molar-refractivity contribution is 0.0707. The van der Waals surface area contributed by atoms with Gasteiger partial charge in [-0.05, 0) is 43.5 Å². The number of ether oxygens (including phenoxy) is 1. The van der Waals surface area contributed by atoms with Crippen LogP contribution in [0.25, 0.3) is 10.9 Å². The summed E-state index contributed by atoms with van der Waals surface area (Å²) in [5, 5.41) is 1.17. The van der Waals surface area contributed by atoms with Gasteiger partial charge in [-0.1, -0.05) is 0 Å². The summed E-state index contributed by atoms with van der Waals surface area (Å²) in [6.45, 7) is 3.83. The molecule has 0 amide bonds. The Morgan fingerprint density at radius 2 is 2.06 bits per heavy atom. The Balaban J connectivity index is 2.10. The molecule has 0 saturated carbocycles. The summed E-state index contributed by atoms with van der Waals surface area (Å²) >= 11 is 0. The fraction of sp³-hybridized carbons (Fsp3) is 0.429. The van der Waals surface area contributed by atoms with Crippen LogP contribution in [-0.4, -0.2) is 17.8 Å². The quantitative estimate of drug-likeness (QED) is 0.765. The van der Waals surface area contributed by atoms with Gasteiger partial charge in [0.05, 0.1) is 5.52 Å². The maximum absolute atomic E-state index is 6.06. The second-order valence-electron chi connectivity index (χ2n) is 4.85. The molecule has 0 atom stereocenters. The average Bonchev–Trinajstić information content (AvgIpc) is 2.74. The predicted octanol–water partition coefficient (Wildman–Crippen LogP) is 2.88. The third-order valence-electron chi connectivity index (χ3n) is 3.60. The van der Waals surface area contributed by atoms with Crippen molar-refractivity contribution in [1.82, 2.24) is 4.57 Å². The molecule has 0 spiro atoms. The first kappa shape index (κ1) is 10.7. The number of nitrogens with zero attached hydrogens (tertiary/aromatic N) is 1. The zero-order valence-electron chi connectivity index (χ0n) is 10.1. The van der Waals surface area contributed by atoms with Gasteiger partial charge in [0.1, 0.15) is 0 Å². The normalized spacial score (nSPS) is 17.7. The Hall–Kier alpha value is -1.48. The van der Waals surface area contributed by atoms with E-state index in [1.165, 1.54) is 16.5 Å². The highest BCUT2D eigenvalue weighted by Crippen LogP contribution is 2.30. The lowest BCUT2D eigenvalue weighted by Crippen LogP contribution is -2.18. The zero-order chi connectivity index (χ0) is 11.8. The molecule has 0 unspecified atom stereocenters. The Morgan fingerprint density at radius 1 is 1.29 bits per heavy atom. The van der Waals surface area contributed by atoms with Gasteiger partial charge in [-0.25, -0.2) is 0 Å². The molecule has 3 nitrogen and oxygen atoms in total. The second kappa shape index (κ2) is 4.08. The van der Waals surface area contributed by atoms with Gasteiger partial charge in [-0.3, -0.25) is 0 Å². The number of nitrogens with two attached hydrogens (primary N) is 1. The third kappa shape index (κ3) is 1.80. The van der Waals surface area contributed by atoms with Crippen LogP contribution >= 0.6 is 0 Å². The molecule has 17 heavy (non-hydrogen) atoms. The van der Waals surface area contributed by atoms with E-state index in [4.69, 9.17) is 10.5 Å². The number of rotatable bonds is 1. The lowest BCUT2D eigenvalue weighted by Gasteiger charge is -2.24. The van der Waals surface area contributed by atoms with Gasteiger partial charge in [0, 0.05) is 36.5 Å². The van der Waals surface area contributed by atoms with Crippen molar-refractivity contribution in [2.75, 3.05) is 18.9 Å². The van der Waals surface area contributed by atoms with Gasteiger partial charge >= 0.3 is 0 Å². The summed E-state index contributed by atoms with van der Waals surface area (Å²) in [5.41, 5.74) is 9.43. The number of nitrogen functional groups attached to an aromatic ring is 1. The first-order valence-electron chi connectivity index (χ1n) is 6.20. The van der Waals surface area contributed by atoms with E-state index in [0.717, 1.165) is 31.7 Å². The molecule has 2 heterocycles. The Morgan fingerprint density at radius 3 is 2.82 bits per heavy atom. The van der Waals surface area contributed by atoms with Crippen molar-refractivity contribution in [1.29, 1.82) is 0 Å². The van der Waals surface area contributed by atoms with Crippen LogP contribution in [0.4, 0.5) is 5.69 Å². The van der Waals surface area contributed by atoms with E-state index in [2.05, 4.69) is 29.8 Å². The van der Waals surface area contributed by atoms with Crippen LogP contribution in [0.3, 0.4) is 0 Å². The van der Waals surface area contributed by atoms with E-state index in [-0.39, 0.29) is 0 Å². The van der Waals surface area contributed by atoms with Crippen molar-refractivity contribution in [3.63, 3.8) is 0 Å². The fourth-order valence-electron chi connectivity index (χ4n) is 2.72. The number of benzene rings is 1. The van der Waals surface area contributed by atoms with E-state index < -0.39 is 0 Å². The van der Waals surface area contributed by atoms with E-state index in [0.29, 0.717) is 6.04 Å². The molecule has 0 aliphatic carbocycles. The monoisotopic (exact) mass is 230 g/mol. The van der Waals surface area contributed by atoms with E-state index in [9.17, 15) is 0 Å². The summed E-state index contributed by atoms with van der Waals surface area (Å²) in [6.07, 6.45) is 4.35. The number of aryl methyl sites for hydroxylation is 1. The Kier molecular flexibility index (Phi) is 2.56. The molecule has 1 saturated heterocycles. The van der Waals surface area contributed by atoms with Crippen LogP contribution in [0.5, 0.6) is 0 Å². The van der Waals surface area contributed by atoms with Crippen LogP contribution in [0, 0.1) is 6.92 Å². The minimum atomic E-state index is 0.558. The second-order valence-corrected chi connectivity index (χ2v) is 4.85. The zero-order valence-corrected chi connectivity index (χ0v) is 10.1. The van der Waals surface area contributed by atoms with Gasteiger partial charge in [0.25, 0.3) is 0 Å². The minimum Gasteiger partial charge on any atom is -0.398 e. The molecule has 90 valence electrons. The number of anilines is 1. The van der Waals surface area contributed by atoms with Gasteiger partial charge in [0.2, 0.25) is 0 Å². The molecule has 1 aliphatic heterocycles. The van der Waals surface area contributed by atoms with E-state index >= 15 is 0 Å². The van der Waals surface area contributed by atoms with Gasteiger partial charge in [-0.2, -0.15) is 0 Å². The van der Waals surface area contributed by atoms with Crippen LogP contribution < -0.4 is 5.73 Å². The SMILES string of the molecule is Cc1cc(N)c2ccn(C3CCOCC3)c2c1. The molecule has 1 fully saturated rings. The number of fused-ring (bicyclic) bond motifs is 1. The summed E-state index contributed by atoms with van der Waals surface area (Å²) in [6, 6.07) is 6.94. The van der Waals surface area contributed by atoms with Crippen LogP contribution in [0.1, 0.15) is 24.4 Å². The molecule has 3 rings (SSSR count). The van der Waals surface area contributed by atoms with Gasteiger partial charge in [-0.15, -0.1) is 0 Å². The van der Waals surface area contributed by atoms with Crippen molar-refractivity contribution in [3.8, 4) is 0 Å². The van der Waals surface area contributed by atoms with Crippen molar-refractivity contribution < 1.29 is 4.74 Å². The number of hydrogen-bond donors (Lipinski definition) is 1. The first-order chi connectivity index (χ1) is 8.25. The van der Waals surface area contributed by atoms with Crippen molar-refractivity contribution >= 4 is 16.6 Å². The number of hydrogen-bond acceptors (Lipinski definition) is 2. The van der Waals surface area contributed by atoms with Gasteiger partial charge in [0.15, 0.2) is 0 Å². The molecule has 2 aromatic rings. The van der Waals surface area contributed by atoms with E-state index in [1.807, 2.05) is 6.07 Å². The predicted molar refractivity (Wildman–Crippen MR) is 70.2 cm³/mol. The fourth-order valence-corrected chi connectivity index (χ4v) is 2.72. The minimum absolute atomic E-state index is 0.558. The van der Waals surface area contributed by atoms with Crippen molar-refractivity contribution in [3.05, 3.63) is 30.0 Å². The summed E-state index contributed by atoms with van der Waals surface area (Å²) in [7, 11) is 0. The van der Waals surface area contributed by atoms with Crippen LogP contribution in [-0.2, 0) is 4.74 Å². The summed E-state index contributed by atoms with van der Waals surface area (Å²) in [5.74, 6) is 0. The molecule has 1 aliphatic rings. The van der Waals surface area contributed by atoms with Crippen LogP contribution in [0.2, 0.25) is 0 Å². The summed E-state index contributed by atoms with van der Waals surface area (Å²) < 4.78 is 7.78. The smallest absolute Gasteiger partial charge is 0.0506 e. The molecule has 1 aromatic heterocycles. The molecule has 3 heteroatoms. The Labute approximate surface area is 101 Å². The highest BCUT2D eigenvalue weighted by Gasteiger charge is 2.17. The molecule has 1 aromatic carbocycles. The molecule has 0 radical (unpaired) electrons. The maximum Gasteiger partial charge on any atom is 0.0506 e.